The molecule has 3 atom stereocenters. The van der Waals surface area contributed by atoms with Crippen molar-refractivity contribution in [2.75, 3.05) is 6.54 Å². The van der Waals surface area contributed by atoms with Gasteiger partial charge in [-0.25, -0.2) is 13.2 Å². The van der Waals surface area contributed by atoms with Gasteiger partial charge in [-0.2, -0.15) is 0 Å². The van der Waals surface area contributed by atoms with Crippen molar-refractivity contribution in [2.24, 2.45) is 4.99 Å². The number of carboxylic acids is 1. The predicted molar refractivity (Wildman–Crippen MR) is 96.5 cm³/mol. The van der Waals surface area contributed by atoms with E-state index in [0.717, 1.165) is 30.2 Å². The molecule has 0 aromatic heterocycles. The molecule has 1 aromatic carbocycles. The summed E-state index contributed by atoms with van der Waals surface area (Å²) < 4.78 is 23.4. The molecule has 150 valence electrons. The third-order valence-electron chi connectivity index (χ3n) is 4.95. The molecule has 1 aromatic rings. The van der Waals surface area contributed by atoms with Crippen molar-refractivity contribution < 1.29 is 38.1 Å². The lowest BCUT2D eigenvalue weighted by Gasteiger charge is -2.35. The maximum Gasteiger partial charge on any atom is 0.328 e. The van der Waals surface area contributed by atoms with Gasteiger partial charge in [0.05, 0.1) is 11.4 Å². The van der Waals surface area contributed by atoms with Crippen molar-refractivity contribution in [2.45, 2.75) is 29.5 Å². The molecule has 0 radical (unpaired) electrons. The minimum absolute atomic E-state index is 0.151. The average Bonchev–Trinajstić information content (AvgIpc) is 2.74. The number of aromatic hydroxyl groups is 2. The number of phenolic OH excluding ortho intramolecular Hbond substituents is 2. The van der Waals surface area contributed by atoms with Gasteiger partial charge in [-0.1, -0.05) is 11.6 Å². The van der Waals surface area contributed by atoms with Gasteiger partial charge < -0.3 is 20.2 Å². The molecule has 10 nitrogen and oxygen atoms in total. The van der Waals surface area contributed by atoms with Gasteiger partial charge in [0, 0.05) is 11.8 Å². The molecular formula is C16H15ClN2O8S. The van der Waals surface area contributed by atoms with E-state index in [4.69, 9.17) is 11.6 Å². The van der Waals surface area contributed by atoms with Crippen LogP contribution in [0.25, 0.3) is 0 Å². The molecule has 2 fully saturated rings. The quantitative estimate of drug-likeness (QED) is 0.258. The number of hydrogen-bond acceptors (Lipinski definition) is 8. The van der Waals surface area contributed by atoms with E-state index in [1.165, 1.54) is 0 Å². The number of phenols is 2. The number of amides is 1. The molecule has 0 spiro atoms. The first-order valence-corrected chi connectivity index (χ1v) is 9.88. The number of rotatable bonds is 5. The number of fused-ring (bicyclic) bond motifs is 1. The standard InChI is InChI=1S/C16H15ClN2O8S/c1-16(14(15(24)25)19-10(22)4-11(19)28(16,26)27)6-18-5-9(21)7-2-3-8(20)13(23)12(7)17/h2-3,6,11,14,20,23H,4-5H2,1H3,(H,24,25)/t11-,14+,16+/m1/s1. The fourth-order valence-corrected chi connectivity index (χ4v) is 5.87. The fourth-order valence-electron chi connectivity index (χ4n) is 3.37. The number of sulfone groups is 1. The molecular weight excluding hydrogens is 416 g/mol. The van der Waals surface area contributed by atoms with Gasteiger partial charge in [0.25, 0.3) is 0 Å². The number of aliphatic imine (C=N–C) groups is 1. The van der Waals surface area contributed by atoms with E-state index in [1.807, 2.05) is 0 Å². The Hall–Kier alpha value is -2.66. The van der Waals surface area contributed by atoms with Crippen LogP contribution in [0.4, 0.5) is 0 Å². The molecule has 0 aliphatic carbocycles. The molecule has 28 heavy (non-hydrogen) atoms. The molecule has 3 N–H and O–H groups in total. The van der Waals surface area contributed by atoms with Crippen LogP contribution in [0.1, 0.15) is 23.7 Å². The van der Waals surface area contributed by atoms with Crippen LogP contribution in [0.3, 0.4) is 0 Å². The number of Topliss-reactive ketones (excluding diaryl/α,β-unsaturated/α-hetero) is 1. The van der Waals surface area contributed by atoms with E-state index in [0.29, 0.717) is 0 Å². The number of ketones is 1. The molecule has 0 bridgehead atoms. The van der Waals surface area contributed by atoms with Crippen LogP contribution in [0, 0.1) is 0 Å². The Balaban J connectivity index is 1.88. The molecule has 2 saturated heterocycles. The molecule has 2 aliphatic rings. The summed E-state index contributed by atoms with van der Waals surface area (Å²) in [6, 6.07) is 0.565. The van der Waals surface area contributed by atoms with Gasteiger partial charge in [-0.15, -0.1) is 0 Å². The van der Waals surface area contributed by atoms with Gasteiger partial charge >= 0.3 is 5.97 Å². The number of benzene rings is 1. The number of carboxylic acid groups (broad SMARTS) is 1. The maximum atomic E-state index is 12.7. The van der Waals surface area contributed by atoms with E-state index < -0.39 is 66.7 Å². The highest BCUT2D eigenvalue weighted by Gasteiger charge is 2.69. The van der Waals surface area contributed by atoms with E-state index in [2.05, 4.69) is 4.99 Å². The van der Waals surface area contributed by atoms with Crippen LogP contribution < -0.4 is 0 Å². The van der Waals surface area contributed by atoms with Crippen molar-refractivity contribution in [3.8, 4) is 11.5 Å². The zero-order valence-electron chi connectivity index (χ0n) is 14.4. The summed E-state index contributed by atoms with van der Waals surface area (Å²) in [5.74, 6) is -3.98. The van der Waals surface area contributed by atoms with Crippen molar-refractivity contribution in [1.82, 2.24) is 4.90 Å². The number of aliphatic carboxylic acids is 1. The average molecular weight is 431 g/mol. The Kier molecular flexibility index (Phi) is 4.63. The van der Waals surface area contributed by atoms with Gasteiger partial charge in [0.2, 0.25) is 5.91 Å². The SMILES string of the molecule is C[C@]1(C=NCC(=O)c2ccc(O)c(O)c2Cl)[C@H](C(=O)O)N2C(=O)C[C@H]2S1(=O)=O. The zero-order chi connectivity index (χ0) is 21.0. The van der Waals surface area contributed by atoms with Crippen LogP contribution >= 0.6 is 11.6 Å². The first kappa shape index (κ1) is 20.1. The first-order valence-electron chi connectivity index (χ1n) is 7.95. The minimum atomic E-state index is -4.07. The summed E-state index contributed by atoms with van der Waals surface area (Å²) >= 11 is 5.80. The summed E-state index contributed by atoms with van der Waals surface area (Å²) in [6.07, 6.45) is 0.565. The van der Waals surface area contributed by atoms with Gasteiger partial charge in [0.1, 0.15) is 16.7 Å². The number of β-lactam (4-membered cyclic amide) rings is 1. The number of halogens is 1. The third-order valence-corrected chi connectivity index (χ3v) is 8.00. The fraction of sp³-hybridized carbons (Fsp3) is 0.375. The Morgan fingerprint density at radius 3 is 2.61 bits per heavy atom. The van der Waals surface area contributed by atoms with Gasteiger partial charge in [-0.3, -0.25) is 14.6 Å². The van der Waals surface area contributed by atoms with Crippen molar-refractivity contribution in [3.05, 3.63) is 22.7 Å². The highest BCUT2D eigenvalue weighted by atomic mass is 35.5. The molecule has 3 rings (SSSR count). The Morgan fingerprint density at radius 2 is 2.04 bits per heavy atom. The van der Waals surface area contributed by atoms with Crippen molar-refractivity contribution in [1.29, 1.82) is 0 Å². The summed E-state index contributed by atoms with van der Waals surface area (Å²) in [6.45, 7) is 0.556. The van der Waals surface area contributed by atoms with Crippen molar-refractivity contribution in [3.63, 3.8) is 0 Å². The molecule has 1 amide bonds. The van der Waals surface area contributed by atoms with Crippen LogP contribution in [0.5, 0.6) is 11.5 Å². The molecule has 12 heteroatoms. The number of nitrogens with zero attached hydrogens (tertiary/aromatic N) is 2. The van der Waals surface area contributed by atoms with Crippen molar-refractivity contribution >= 4 is 45.3 Å². The molecule has 2 aliphatic heterocycles. The zero-order valence-corrected chi connectivity index (χ0v) is 15.9. The number of carbonyl (C=O) groups is 3. The molecule has 0 saturated carbocycles. The lowest BCUT2D eigenvalue weighted by atomic mass is 9.97. The van der Waals surface area contributed by atoms with Gasteiger partial charge in [0.15, 0.2) is 33.2 Å². The van der Waals surface area contributed by atoms with Crippen LogP contribution in [0.15, 0.2) is 17.1 Å². The second kappa shape index (κ2) is 6.45. The number of carbonyl (C=O) groups excluding carboxylic acids is 2. The summed E-state index contributed by atoms with van der Waals surface area (Å²) in [5, 5.41) is 26.7. The normalized spacial score (nSPS) is 28.2. The van der Waals surface area contributed by atoms with Crippen LogP contribution in [-0.2, 0) is 19.4 Å². The summed E-state index contributed by atoms with van der Waals surface area (Å²) in [7, 11) is -4.07. The second-order valence-electron chi connectivity index (χ2n) is 6.62. The largest absolute Gasteiger partial charge is 0.504 e. The monoisotopic (exact) mass is 430 g/mol. The smallest absolute Gasteiger partial charge is 0.328 e. The topological polar surface area (TPSA) is 162 Å². The third kappa shape index (κ3) is 2.65. The van der Waals surface area contributed by atoms with E-state index >= 15 is 0 Å². The molecule has 2 heterocycles. The van der Waals surface area contributed by atoms with Gasteiger partial charge in [-0.05, 0) is 19.1 Å². The van der Waals surface area contributed by atoms with E-state index in [9.17, 15) is 38.1 Å². The Morgan fingerprint density at radius 1 is 1.39 bits per heavy atom. The summed E-state index contributed by atoms with van der Waals surface area (Å²) in [4.78, 5) is 40.2. The lowest BCUT2D eigenvalue weighted by Crippen LogP contribution is -2.57. The summed E-state index contributed by atoms with van der Waals surface area (Å²) in [5.41, 5.74) is -0.151. The first-order chi connectivity index (χ1) is 12.9. The highest BCUT2D eigenvalue weighted by molar-refractivity contribution is 7.94. The molecule has 0 unspecified atom stereocenters. The van der Waals surface area contributed by atoms with Crippen LogP contribution in [-0.4, -0.2) is 75.2 Å². The Labute approximate surface area is 164 Å². The maximum absolute atomic E-state index is 12.7. The Bertz CT molecular complexity index is 1040. The number of hydrogen-bond donors (Lipinski definition) is 3. The van der Waals surface area contributed by atoms with E-state index in [-0.39, 0.29) is 12.0 Å². The van der Waals surface area contributed by atoms with E-state index in [1.54, 1.807) is 0 Å². The van der Waals surface area contributed by atoms with Crippen LogP contribution in [0.2, 0.25) is 5.02 Å². The minimum Gasteiger partial charge on any atom is -0.504 e. The lowest BCUT2D eigenvalue weighted by molar-refractivity contribution is -0.156. The predicted octanol–water partition coefficient (Wildman–Crippen LogP) is 0.203. The second-order valence-corrected chi connectivity index (χ2v) is 9.51. The highest BCUT2D eigenvalue weighted by Crippen LogP contribution is 2.45.